The largest absolute Gasteiger partial charge is 0.464 e. The van der Waals surface area contributed by atoms with Crippen molar-refractivity contribution in [2.45, 2.75) is 32.8 Å². The van der Waals surface area contributed by atoms with Crippen LogP contribution in [0, 0.1) is 5.92 Å². The molecule has 0 saturated carbocycles. The maximum absolute atomic E-state index is 11.1. The number of aliphatic hydroxyl groups excluding tert-OH is 1. The number of unbranched alkanes of at least 4 members (excludes halogenated alkanes) is 1. The SMILES string of the molecule is C=C[C@H](C)[C@@H](O)C(=O)OCCCC. The van der Waals surface area contributed by atoms with E-state index in [0.29, 0.717) is 6.61 Å². The summed E-state index contributed by atoms with van der Waals surface area (Å²) in [5.74, 6) is -0.810. The second-order valence-electron chi connectivity index (χ2n) is 3.06. The van der Waals surface area contributed by atoms with Crippen LogP contribution in [0.5, 0.6) is 0 Å². The molecule has 3 heteroatoms. The lowest BCUT2D eigenvalue weighted by molar-refractivity contribution is -0.155. The number of carbonyl (C=O) groups excluding carboxylic acids is 1. The summed E-state index contributed by atoms with van der Waals surface area (Å²) in [4.78, 5) is 11.1. The molecule has 1 N–H and O–H groups in total. The molecule has 3 nitrogen and oxygen atoms in total. The first-order valence-electron chi connectivity index (χ1n) is 4.60. The lowest BCUT2D eigenvalue weighted by Gasteiger charge is -2.13. The first-order valence-corrected chi connectivity index (χ1v) is 4.60. The number of esters is 1. The molecule has 0 unspecified atom stereocenters. The van der Waals surface area contributed by atoms with E-state index in [0.717, 1.165) is 12.8 Å². The molecule has 0 bridgehead atoms. The molecule has 2 atom stereocenters. The molecule has 0 aromatic carbocycles. The average molecular weight is 186 g/mol. The molecule has 0 aliphatic carbocycles. The summed E-state index contributed by atoms with van der Waals surface area (Å²) in [5.41, 5.74) is 0. The van der Waals surface area contributed by atoms with Crippen LogP contribution in [0.2, 0.25) is 0 Å². The lowest BCUT2D eigenvalue weighted by atomic mass is 10.1. The highest BCUT2D eigenvalue weighted by Crippen LogP contribution is 2.05. The van der Waals surface area contributed by atoms with Crippen LogP contribution >= 0.6 is 0 Å². The van der Waals surface area contributed by atoms with Gasteiger partial charge in [-0.05, 0) is 6.42 Å². The topological polar surface area (TPSA) is 46.5 Å². The van der Waals surface area contributed by atoms with E-state index in [2.05, 4.69) is 6.58 Å². The minimum atomic E-state index is -1.07. The molecule has 0 aliphatic rings. The minimum absolute atomic E-state index is 0.255. The monoisotopic (exact) mass is 186 g/mol. The third-order valence-corrected chi connectivity index (χ3v) is 1.85. The minimum Gasteiger partial charge on any atom is -0.464 e. The van der Waals surface area contributed by atoms with E-state index < -0.39 is 12.1 Å². The van der Waals surface area contributed by atoms with Gasteiger partial charge in [0.2, 0.25) is 0 Å². The van der Waals surface area contributed by atoms with Crippen LogP contribution in [0.3, 0.4) is 0 Å². The van der Waals surface area contributed by atoms with Crippen molar-refractivity contribution in [2.24, 2.45) is 5.92 Å². The molecule has 0 radical (unpaired) electrons. The summed E-state index contributed by atoms with van der Waals surface area (Å²) in [6.07, 6.45) is 2.27. The molecule has 0 saturated heterocycles. The quantitative estimate of drug-likeness (QED) is 0.388. The first-order chi connectivity index (χ1) is 6.13. The number of hydrogen-bond acceptors (Lipinski definition) is 3. The van der Waals surface area contributed by atoms with Crippen molar-refractivity contribution in [1.29, 1.82) is 0 Å². The van der Waals surface area contributed by atoms with E-state index >= 15 is 0 Å². The Morgan fingerprint density at radius 1 is 1.69 bits per heavy atom. The maximum Gasteiger partial charge on any atom is 0.335 e. The maximum atomic E-state index is 11.1. The molecule has 0 aromatic heterocycles. The summed E-state index contributed by atoms with van der Waals surface area (Å²) in [5, 5.41) is 9.34. The zero-order chi connectivity index (χ0) is 10.3. The van der Waals surface area contributed by atoms with Gasteiger partial charge in [-0.15, -0.1) is 6.58 Å². The fourth-order valence-electron chi connectivity index (χ4n) is 0.746. The standard InChI is InChI=1S/C10H18O3/c1-4-6-7-13-10(12)9(11)8(3)5-2/h5,8-9,11H,2,4,6-7H2,1,3H3/t8-,9+/m0/s1. The van der Waals surface area contributed by atoms with Crippen molar-refractivity contribution in [2.75, 3.05) is 6.61 Å². The Labute approximate surface area is 79.4 Å². The van der Waals surface area contributed by atoms with E-state index in [1.165, 1.54) is 6.08 Å². The third kappa shape index (κ3) is 4.68. The predicted octanol–water partition coefficient (Wildman–Crippen LogP) is 1.51. The van der Waals surface area contributed by atoms with E-state index in [4.69, 9.17) is 4.74 Å². The van der Waals surface area contributed by atoms with Gasteiger partial charge in [0.1, 0.15) is 0 Å². The Kier molecular flexibility index (Phi) is 6.24. The number of hydrogen-bond donors (Lipinski definition) is 1. The Morgan fingerprint density at radius 2 is 2.31 bits per heavy atom. The highest BCUT2D eigenvalue weighted by atomic mass is 16.5. The molecule has 0 heterocycles. The van der Waals surface area contributed by atoms with Gasteiger partial charge in [-0.25, -0.2) is 4.79 Å². The highest BCUT2D eigenvalue weighted by Gasteiger charge is 2.20. The Bertz CT molecular complexity index is 166. The first kappa shape index (κ1) is 12.2. The van der Waals surface area contributed by atoms with Gasteiger partial charge in [-0.2, -0.15) is 0 Å². The summed E-state index contributed by atoms with van der Waals surface area (Å²) in [6.45, 7) is 7.61. The second-order valence-corrected chi connectivity index (χ2v) is 3.06. The summed E-state index contributed by atoms with van der Waals surface area (Å²) in [6, 6.07) is 0. The van der Waals surface area contributed by atoms with Crippen LogP contribution < -0.4 is 0 Å². The smallest absolute Gasteiger partial charge is 0.335 e. The van der Waals surface area contributed by atoms with E-state index in [1.807, 2.05) is 6.92 Å². The molecule has 0 spiro atoms. The van der Waals surface area contributed by atoms with Crippen molar-refractivity contribution < 1.29 is 14.6 Å². The zero-order valence-electron chi connectivity index (χ0n) is 8.32. The normalized spacial score (nSPS) is 14.7. The zero-order valence-corrected chi connectivity index (χ0v) is 8.32. The van der Waals surface area contributed by atoms with Crippen LogP contribution in [0.15, 0.2) is 12.7 Å². The van der Waals surface area contributed by atoms with E-state index in [9.17, 15) is 9.90 Å². The molecule has 0 aromatic rings. The summed E-state index contributed by atoms with van der Waals surface area (Å²) in [7, 11) is 0. The fraction of sp³-hybridized carbons (Fsp3) is 0.700. The van der Waals surface area contributed by atoms with Gasteiger partial charge in [-0.1, -0.05) is 26.3 Å². The Balaban J connectivity index is 3.75. The van der Waals surface area contributed by atoms with Crippen LogP contribution in [0.4, 0.5) is 0 Å². The number of aliphatic hydroxyl groups is 1. The molecule has 13 heavy (non-hydrogen) atoms. The molecule has 0 aliphatic heterocycles. The van der Waals surface area contributed by atoms with Crippen molar-refractivity contribution >= 4 is 5.97 Å². The Hall–Kier alpha value is -0.830. The van der Waals surface area contributed by atoms with Gasteiger partial charge in [0.25, 0.3) is 0 Å². The molecule has 0 fully saturated rings. The highest BCUT2D eigenvalue weighted by molar-refractivity contribution is 5.74. The van der Waals surface area contributed by atoms with Gasteiger partial charge >= 0.3 is 5.97 Å². The number of carbonyl (C=O) groups is 1. The number of ether oxygens (including phenoxy) is 1. The van der Waals surface area contributed by atoms with Gasteiger partial charge in [-0.3, -0.25) is 0 Å². The number of rotatable bonds is 6. The van der Waals surface area contributed by atoms with Gasteiger partial charge in [0, 0.05) is 5.92 Å². The average Bonchev–Trinajstić information content (AvgIpc) is 2.15. The fourth-order valence-corrected chi connectivity index (χ4v) is 0.746. The summed E-state index contributed by atoms with van der Waals surface area (Å²) >= 11 is 0. The van der Waals surface area contributed by atoms with Gasteiger partial charge in [0.05, 0.1) is 6.61 Å². The van der Waals surface area contributed by atoms with Crippen LogP contribution in [-0.4, -0.2) is 23.8 Å². The van der Waals surface area contributed by atoms with E-state index in [1.54, 1.807) is 6.92 Å². The van der Waals surface area contributed by atoms with Crippen LogP contribution in [0.1, 0.15) is 26.7 Å². The second kappa shape index (κ2) is 6.66. The Morgan fingerprint density at radius 3 is 2.77 bits per heavy atom. The molecule has 76 valence electrons. The molecule has 0 rings (SSSR count). The molecule has 0 amide bonds. The summed E-state index contributed by atoms with van der Waals surface area (Å²) < 4.78 is 4.83. The van der Waals surface area contributed by atoms with Crippen LogP contribution in [0.25, 0.3) is 0 Å². The molecular formula is C10H18O3. The van der Waals surface area contributed by atoms with Gasteiger partial charge in [0.15, 0.2) is 6.10 Å². The van der Waals surface area contributed by atoms with Crippen molar-refractivity contribution in [3.05, 3.63) is 12.7 Å². The lowest BCUT2D eigenvalue weighted by Crippen LogP contribution is -2.28. The van der Waals surface area contributed by atoms with Crippen molar-refractivity contribution in [3.8, 4) is 0 Å². The van der Waals surface area contributed by atoms with Crippen LogP contribution in [-0.2, 0) is 9.53 Å². The predicted molar refractivity (Wildman–Crippen MR) is 51.2 cm³/mol. The van der Waals surface area contributed by atoms with Crippen molar-refractivity contribution in [3.63, 3.8) is 0 Å². The third-order valence-electron chi connectivity index (χ3n) is 1.85. The molecular weight excluding hydrogens is 168 g/mol. The van der Waals surface area contributed by atoms with E-state index in [-0.39, 0.29) is 5.92 Å². The van der Waals surface area contributed by atoms with Crippen molar-refractivity contribution in [1.82, 2.24) is 0 Å². The van der Waals surface area contributed by atoms with Gasteiger partial charge < -0.3 is 9.84 Å².